The topological polar surface area (TPSA) is 64.2 Å². The summed E-state index contributed by atoms with van der Waals surface area (Å²) in [4.78, 5) is 19.3. The minimum atomic E-state index is -0.0160. The number of para-hydroxylation sites is 2. The van der Waals surface area contributed by atoms with Crippen molar-refractivity contribution < 1.29 is 9.21 Å². The van der Waals surface area contributed by atoms with Crippen molar-refractivity contribution >= 4 is 34.7 Å². The monoisotopic (exact) mass is 474 g/mol. The van der Waals surface area contributed by atoms with Gasteiger partial charge in [-0.25, -0.2) is 9.67 Å². The highest BCUT2D eigenvalue weighted by Gasteiger charge is 2.26. The molecule has 0 bridgehead atoms. The zero-order valence-corrected chi connectivity index (χ0v) is 20.1. The van der Waals surface area contributed by atoms with Crippen LogP contribution in [0.1, 0.15) is 47.0 Å². The molecular formula is C27H27ClN4O2. The molecule has 0 unspecified atom stereocenters. The van der Waals surface area contributed by atoms with Crippen molar-refractivity contribution in [2.45, 2.75) is 39.2 Å². The van der Waals surface area contributed by atoms with Gasteiger partial charge in [0, 0.05) is 30.6 Å². The Balaban J connectivity index is 1.21. The maximum absolute atomic E-state index is 12.8. The summed E-state index contributed by atoms with van der Waals surface area (Å²) in [5, 5.41) is 5.11. The lowest BCUT2D eigenvalue weighted by Crippen LogP contribution is -2.36. The van der Waals surface area contributed by atoms with E-state index in [9.17, 15) is 4.79 Å². The Morgan fingerprint density at radius 2 is 1.85 bits per heavy atom. The van der Waals surface area contributed by atoms with Crippen molar-refractivity contribution in [2.24, 2.45) is 0 Å². The van der Waals surface area contributed by atoms with Crippen molar-refractivity contribution in [1.82, 2.24) is 19.7 Å². The molecule has 4 aromatic rings. The van der Waals surface area contributed by atoms with E-state index in [4.69, 9.17) is 16.0 Å². The number of nitrogens with zero attached hydrogens (tertiary/aromatic N) is 4. The van der Waals surface area contributed by atoms with Crippen molar-refractivity contribution in [3.8, 4) is 0 Å². The van der Waals surface area contributed by atoms with E-state index in [1.807, 2.05) is 36.1 Å². The average molecular weight is 475 g/mol. The summed E-state index contributed by atoms with van der Waals surface area (Å²) in [7, 11) is 0. The van der Waals surface area contributed by atoms with Crippen LogP contribution in [0.15, 0.2) is 59.0 Å². The molecule has 1 fully saturated rings. The first kappa shape index (κ1) is 22.4. The second-order valence-electron chi connectivity index (χ2n) is 8.89. The van der Waals surface area contributed by atoms with E-state index in [0.717, 1.165) is 46.7 Å². The molecule has 0 N–H and O–H groups in total. The van der Waals surface area contributed by atoms with Crippen LogP contribution in [-0.4, -0.2) is 38.7 Å². The van der Waals surface area contributed by atoms with Crippen LogP contribution >= 0.6 is 11.6 Å². The lowest BCUT2D eigenvalue weighted by molar-refractivity contribution is -0.127. The zero-order chi connectivity index (χ0) is 23.7. The summed E-state index contributed by atoms with van der Waals surface area (Å²) in [5.74, 6) is 0.988. The van der Waals surface area contributed by atoms with Crippen molar-refractivity contribution in [3.63, 3.8) is 0 Å². The number of benzene rings is 2. The van der Waals surface area contributed by atoms with Gasteiger partial charge in [-0.05, 0) is 50.5 Å². The highest BCUT2D eigenvalue weighted by atomic mass is 35.5. The number of aryl methyl sites for hydroxylation is 2. The first-order valence-electron chi connectivity index (χ1n) is 11.6. The maximum Gasteiger partial charge on any atom is 0.246 e. The van der Waals surface area contributed by atoms with Crippen LogP contribution in [0, 0.1) is 13.8 Å². The molecule has 2 aromatic heterocycles. The third kappa shape index (κ3) is 4.64. The zero-order valence-electron chi connectivity index (χ0n) is 19.4. The van der Waals surface area contributed by atoms with Crippen LogP contribution in [0.2, 0.25) is 5.15 Å². The number of oxazole rings is 1. The van der Waals surface area contributed by atoms with Crippen LogP contribution in [0.25, 0.3) is 17.2 Å². The Morgan fingerprint density at radius 3 is 2.59 bits per heavy atom. The largest absolute Gasteiger partial charge is 0.440 e. The Bertz CT molecular complexity index is 1310. The fourth-order valence-corrected chi connectivity index (χ4v) is 4.70. The Morgan fingerprint density at radius 1 is 1.12 bits per heavy atom. The molecule has 0 spiro atoms. The number of rotatable bonds is 5. The van der Waals surface area contributed by atoms with Crippen LogP contribution in [0.5, 0.6) is 0 Å². The number of amides is 1. The van der Waals surface area contributed by atoms with E-state index in [0.29, 0.717) is 24.8 Å². The number of hydrogen-bond donors (Lipinski definition) is 0. The number of aromatic nitrogens is 3. The number of fused-ring (bicyclic) bond motifs is 1. The molecule has 1 aliphatic heterocycles. The van der Waals surface area contributed by atoms with Gasteiger partial charge in [-0.3, -0.25) is 4.79 Å². The van der Waals surface area contributed by atoms with Gasteiger partial charge in [-0.15, -0.1) is 0 Å². The van der Waals surface area contributed by atoms with Gasteiger partial charge in [0.15, 0.2) is 11.5 Å². The third-order valence-electron chi connectivity index (χ3n) is 6.42. The molecule has 34 heavy (non-hydrogen) atoms. The molecule has 1 amide bonds. The molecule has 7 heteroatoms. The quantitative estimate of drug-likeness (QED) is 0.345. The molecule has 0 radical (unpaired) electrons. The molecule has 174 valence electrons. The van der Waals surface area contributed by atoms with Crippen LogP contribution in [0.4, 0.5) is 0 Å². The van der Waals surface area contributed by atoms with Crippen LogP contribution in [0.3, 0.4) is 0 Å². The molecule has 5 rings (SSSR count). The Hall–Kier alpha value is -3.38. The summed E-state index contributed by atoms with van der Waals surface area (Å²) in [6.07, 6.45) is 5.05. The fraction of sp³-hybridized carbons (Fsp3) is 0.296. The minimum Gasteiger partial charge on any atom is -0.440 e. The predicted octanol–water partition coefficient (Wildman–Crippen LogP) is 5.76. The number of carbonyl (C=O) groups is 1. The van der Waals surface area contributed by atoms with Gasteiger partial charge in [0.1, 0.15) is 10.7 Å². The molecule has 0 aliphatic carbocycles. The highest BCUT2D eigenvalue weighted by molar-refractivity contribution is 6.31. The Kier molecular flexibility index (Phi) is 6.24. The summed E-state index contributed by atoms with van der Waals surface area (Å²) in [6, 6.07) is 16.1. The maximum atomic E-state index is 12.8. The fourth-order valence-electron chi connectivity index (χ4n) is 4.40. The molecule has 0 saturated carbocycles. The standard InChI is InChI=1S/C27H27ClN4O2/c1-18-7-9-20(10-8-18)17-32-26(28)22(19(2)30-32)11-12-25(33)31-15-13-21(14-16-31)27-29-23-5-3-4-6-24(23)34-27/h3-12,21H,13-17H2,1-2H3/b12-11+. The lowest BCUT2D eigenvalue weighted by atomic mass is 9.96. The van der Waals surface area contributed by atoms with E-state index in [-0.39, 0.29) is 11.8 Å². The average Bonchev–Trinajstić information content (AvgIpc) is 3.40. The summed E-state index contributed by atoms with van der Waals surface area (Å²) >= 11 is 6.61. The first-order valence-corrected chi connectivity index (χ1v) is 12.0. The van der Waals surface area contributed by atoms with Crippen molar-refractivity contribution in [3.05, 3.63) is 88.0 Å². The summed E-state index contributed by atoms with van der Waals surface area (Å²) in [5.41, 5.74) is 5.62. The number of hydrogen-bond acceptors (Lipinski definition) is 4. The van der Waals surface area contributed by atoms with Crippen LogP contribution < -0.4 is 0 Å². The number of piperidine rings is 1. The molecule has 3 heterocycles. The van der Waals surface area contributed by atoms with Gasteiger partial charge in [0.05, 0.1) is 12.2 Å². The number of carbonyl (C=O) groups excluding carboxylic acids is 1. The summed E-state index contributed by atoms with van der Waals surface area (Å²) < 4.78 is 7.71. The van der Waals surface area contributed by atoms with Gasteiger partial charge in [-0.1, -0.05) is 53.6 Å². The second kappa shape index (κ2) is 9.47. The van der Waals surface area contributed by atoms with Gasteiger partial charge in [0.25, 0.3) is 0 Å². The first-order chi connectivity index (χ1) is 16.5. The van der Waals surface area contributed by atoms with Gasteiger partial charge in [-0.2, -0.15) is 5.10 Å². The number of likely N-dealkylation sites (tertiary alicyclic amines) is 1. The van der Waals surface area contributed by atoms with Gasteiger partial charge < -0.3 is 9.32 Å². The van der Waals surface area contributed by atoms with E-state index < -0.39 is 0 Å². The van der Waals surface area contributed by atoms with Crippen LogP contribution in [-0.2, 0) is 11.3 Å². The highest BCUT2D eigenvalue weighted by Crippen LogP contribution is 2.30. The molecule has 1 aliphatic rings. The van der Waals surface area contributed by atoms with E-state index in [1.54, 1.807) is 16.8 Å². The van der Waals surface area contributed by atoms with Gasteiger partial charge in [0.2, 0.25) is 5.91 Å². The third-order valence-corrected chi connectivity index (χ3v) is 6.82. The smallest absolute Gasteiger partial charge is 0.246 e. The van der Waals surface area contributed by atoms with Gasteiger partial charge >= 0.3 is 0 Å². The molecule has 1 saturated heterocycles. The number of halogens is 1. The Labute approximate surface area is 203 Å². The summed E-state index contributed by atoms with van der Waals surface area (Å²) in [6.45, 7) is 5.91. The van der Waals surface area contributed by atoms with Crippen molar-refractivity contribution in [2.75, 3.05) is 13.1 Å². The molecule has 6 nitrogen and oxygen atoms in total. The van der Waals surface area contributed by atoms with E-state index in [2.05, 4.69) is 41.3 Å². The minimum absolute atomic E-state index is 0.0160. The normalized spacial score (nSPS) is 15.0. The molecule has 2 aromatic carbocycles. The van der Waals surface area contributed by atoms with Crippen molar-refractivity contribution in [1.29, 1.82) is 0 Å². The SMILES string of the molecule is Cc1ccc(Cn2nc(C)c(/C=C/C(=O)N3CCC(c4nc5ccccc5o4)CC3)c2Cl)cc1. The molecule has 0 atom stereocenters. The molecular weight excluding hydrogens is 448 g/mol. The second-order valence-corrected chi connectivity index (χ2v) is 9.24. The van der Waals surface area contributed by atoms with E-state index in [1.165, 1.54) is 5.56 Å². The lowest BCUT2D eigenvalue weighted by Gasteiger charge is -2.29. The predicted molar refractivity (Wildman–Crippen MR) is 134 cm³/mol. The van der Waals surface area contributed by atoms with E-state index >= 15 is 0 Å².